The molecule has 2 aromatic rings. The summed E-state index contributed by atoms with van der Waals surface area (Å²) in [6.45, 7) is 9.15. The van der Waals surface area contributed by atoms with E-state index in [1.54, 1.807) is 4.90 Å². The number of carbonyl (C=O) groups excluding carboxylic acids is 2. The fraction of sp³-hybridized carbons (Fsp3) is 0.571. The normalized spacial score (nSPS) is 11.3. The third-order valence-electron chi connectivity index (χ3n) is 4.51. The lowest BCUT2D eigenvalue weighted by molar-refractivity contribution is -0.384. The van der Waals surface area contributed by atoms with Gasteiger partial charge in [0.1, 0.15) is 0 Å². The molecule has 0 fully saturated rings. The number of aryl methyl sites for hydroxylation is 1. The van der Waals surface area contributed by atoms with E-state index in [2.05, 4.69) is 0 Å². The second kappa shape index (κ2) is 10.7. The first kappa shape index (κ1) is 24.1. The first-order valence-electron chi connectivity index (χ1n) is 10.3. The summed E-state index contributed by atoms with van der Waals surface area (Å²) in [4.78, 5) is 48.4. The summed E-state index contributed by atoms with van der Waals surface area (Å²) in [5, 5.41) is 10.8. The molecule has 1 amide bonds. The standard InChI is InChI=1S/C21H29N3O7/c1-14(2)11-22(12-15(3)4)19(25)13-30-20(26)6-5-9-23-17-8-7-16(24(28)29)10-18(17)31-21(23)27/h7-8,10,14-15H,5-6,9,11-13H2,1-4H3. The Morgan fingerprint density at radius 1 is 1.19 bits per heavy atom. The molecule has 0 aliphatic heterocycles. The van der Waals surface area contributed by atoms with Crippen molar-refractivity contribution in [3.63, 3.8) is 0 Å². The van der Waals surface area contributed by atoms with Crippen LogP contribution >= 0.6 is 0 Å². The Hall–Kier alpha value is -3.17. The van der Waals surface area contributed by atoms with Crippen molar-refractivity contribution >= 4 is 28.7 Å². The number of non-ortho nitro benzene ring substituents is 1. The Balaban J connectivity index is 1.88. The fourth-order valence-electron chi connectivity index (χ4n) is 3.23. The minimum atomic E-state index is -0.656. The van der Waals surface area contributed by atoms with Crippen molar-refractivity contribution in [2.75, 3.05) is 19.7 Å². The molecule has 10 nitrogen and oxygen atoms in total. The molecule has 0 saturated carbocycles. The molecule has 1 aromatic carbocycles. The van der Waals surface area contributed by atoms with E-state index in [0.717, 1.165) is 0 Å². The number of hydrogen-bond donors (Lipinski definition) is 0. The molecule has 0 saturated heterocycles. The van der Waals surface area contributed by atoms with Gasteiger partial charge in [0.25, 0.3) is 11.6 Å². The van der Waals surface area contributed by atoms with Crippen LogP contribution in [0.3, 0.4) is 0 Å². The second-order valence-corrected chi connectivity index (χ2v) is 8.28. The number of carbonyl (C=O) groups is 2. The highest BCUT2D eigenvalue weighted by Crippen LogP contribution is 2.20. The van der Waals surface area contributed by atoms with Crippen LogP contribution in [0.1, 0.15) is 40.5 Å². The maximum absolute atomic E-state index is 12.4. The molecule has 0 N–H and O–H groups in total. The predicted molar refractivity (Wildman–Crippen MR) is 114 cm³/mol. The van der Waals surface area contributed by atoms with Crippen LogP contribution in [-0.4, -0.2) is 46.0 Å². The Labute approximate surface area is 179 Å². The first-order chi connectivity index (χ1) is 14.6. The number of esters is 1. The third-order valence-corrected chi connectivity index (χ3v) is 4.51. The van der Waals surface area contributed by atoms with Gasteiger partial charge in [-0.05, 0) is 24.3 Å². The van der Waals surface area contributed by atoms with Crippen LogP contribution in [0.25, 0.3) is 11.1 Å². The Bertz CT molecular complexity index is 981. The number of nitrogens with zero attached hydrogens (tertiary/aromatic N) is 3. The maximum Gasteiger partial charge on any atom is 0.419 e. The van der Waals surface area contributed by atoms with Crippen molar-refractivity contribution in [3.05, 3.63) is 38.9 Å². The Kier molecular flexibility index (Phi) is 8.35. The summed E-state index contributed by atoms with van der Waals surface area (Å²) >= 11 is 0. The smallest absolute Gasteiger partial charge is 0.419 e. The molecule has 0 aliphatic rings. The van der Waals surface area contributed by atoms with Gasteiger partial charge in [0, 0.05) is 32.1 Å². The van der Waals surface area contributed by atoms with E-state index in [0.29, 0.717) is 36.9 Å². The molecular weight excluding hydrogens is 406 g/mol. The van der Waals surface area contributed by atoms with Crippen LogP contribution in [0.2, 0.25) is 0 Å². The zero-order chi connectivity index (χ0) is 23.1. The summed E-state index contributed by atoms with van der Waals surface area (Å²) < 4.78 is 11.5. The highest BCUT2D eigenvalue weighted by Gasteiger charge is 2.18. The topological polar surface area (TPSA) is 125 Å². The maximum atomic E-state index is 12.4. The van der Waals surface area contributed by atoms with Gasteiger partial charge >= 0.3 is 11.7 Å². The van der Waals surface area contributed by atoms with Gasteiger partial charge in [0.05, 0.1) is 16.5 Å². The average molecular weight is 435 g/mol. The number of amides is 1. The van der Waals surface area contributed by atoms with Crippen molar-refractivity contribution in [3.8, 4) is 0 Å². The molecule has 10 heteroatoms. The molecule has 0 unspecified atom stereocenters. The summed E-state index contributed by atoms with van der Waals surface area (Å²) in [5.74, 6) is -0.795. The number of rotatable bonds is 11. The van der Waals surface area contributed by atoms with E-state index in [4.69, 9.17) is 9.15 Å². The zero-order valence-electron chi connectivity index (χ0n) is 18.3. The van der Waals surface area contributed by atoms with E-state index in [1.165, 1.54) is 22.8 Å². The highest BCUT2D eigenvalue weighted by molar-refractivity contribution is 5.80. The summed E-state index contributed by atoms with van der Waals surface area (Å²) in [5.41, 5.74) is 0.352. The van der Waals surface area contributed by atoms with Crippen molar-refractivity contribution in [1.82, 2.24) is 9.47 Å². The quantitative estimate of drug-likeness (QED) is 0.302. The van der Waals surface area contributed by atoms with Gasteiger partial charge in [-0.2, -0.15) is 0 Å². The van der Waals surface area contributed by atoms with Gasteiger partial charge in [0.2, 0.25) is 0 Å². The largest absolute Gasteiger partial charge is 0.456 e. The van der Waals surface area contributed by atoms with Crippen LogP contribution in [0.4, 0.5) is 5.69 Å². The lowest BCUT2D eigenvalue weighted by Gasteiger charge is -2.26. The number of ether oxygens (including phenoxy) is 1. The molecular formula is C21H29N3O7. The molecule has 1 aromatic heterocycles. The van der Waals surface area contributed by atoms with Gasteiger partial charge < -0.3 is 14.1 Å². The molecule has 0 atom stereocenters. The molecule has 0 bridgehead atoms. The monoisotopic (exact) mass is 435 g/mol. The van der Waals surface area contributed by atoms with Crippen LogP contribution < -0.4 is 5.76 Å². The van der Waals surface area contributed by atoms with Crippen molar-refractivity contribution in [2.45, 2.75) is 47.1 Å². The molecule has 31 heavy (non-hydrogen) atoms. The number of nitro groups is 1. The SMILES string of the molecule is CC(C)CN(CC(C)C)C(=O)COC(=O)CCCn1c(=O)oc2cc([N+](=O)[O-])ccc21. The van der Waals surface area contributed by atoms with E-state index in [1.807, 2.05) is 27.7 Å². The second-order valence-electron chi connectivity index (χ2n) is 8.28. The summed E-state index contributed by atoms with van der Waals surface area (Å²) in [6.07, 6.45) is 0.313. The van der Waals surface area contributed by atoms with Crippen LogP contribution in [0.5, 0.6) is 0 Å². The van der Waals surface area contributed by atoms with Crippen molar-refractivity contribution in [1.29, 1.82) is 0 Å². The molecule has 0 aliphatic carbocycles. The lowest BCUT2D eigenvalue weighted by atomic mass is 10.1. The lowest BCUT2D eigenvalue weighted by Crippen LogP contribution is -2.39. The number of oxazole rings is 1. The van der Waals surface area contributed by atoms with Gasteiger partial charge in [-0.3, -0.25) is 24.3 Å². The number of aromatic nitrogens is 1. The van der Waals surface area contributed by atoms with Crippen LogP contribution in [0, 0.1) is 22.0 Å². The molecule has 1 heterocycles. The van der Waals surface area contributed by atoms with Crippen LogP contribution in [-0.2, 0) is 20.9 Å². The molecule has 2 rings (SSSR count). The van der Waals surface area contributed by atoms with E-state index in [-0.39, 0.29) is 36.8 Å². The Morgan fingerprint density at radius 3 is 2.42 bits per heavy atom. The number of nitro benzene ring substituents is 1. The van der Waals surface area contributed by atoms with Gasteiger partial charge in [-0.15, -0.1) is 0 Å². The van der Waals surface area contributed by atoms with Gasteiger partial charge in [0.15, 0.2) is 12.2 Å². The third kappa shape index (κ3) is 6.94. The highest BCUT2D eigenvalue weighted by atomic mass is 16.6. The minimum Gasteiger partial charge on any atom is -0.456 e. The van der Waals surface area contributed by atoms with Gasteiger partial charge in [-0.1, -0.05) is 27.7 Å². The summed E-state index contributed by atoms with van der Waals surface area (Å²) in [6, 6.07) is 3.91. The van der Waals surface area contributed by atoms with E-state index >= 15 is 0 Å². The van der Waals surface area contributed by atoms with E-state index in [9.17, 15) is 24.5 Å². The molecule has 0 spiro atoms. The van der Waals surface area contributed by atoms with Crippen LogP contribution in [0.15, 0.2) is 27.4 Å². The van der Waals surface area contributed by atoms with Crippen molar-refractivity contribution < 1.29 is 23.7 Å². The van der Waals surface area contributed by atoms with E-state index < -0.39 is 16.6 Å². The molecule has 0 radical (unpaired) electrons. The fourth-order valence-corrected chi connectivity index (χ4v) is 3.23. The number of hydrogen-bond acceptors (Lipinski definition) is 7. The number of benzene rings is 1. The minimum absolute atomic E-state index is 0.0216. The first-order valence-corrected chi connectivity index (χ1v) is 10.3. The van der Waals surface area contributed by atoms with Gasteiger partial charge in [-0.25, -0.2) is 4.79 Å². The Morgan fingerprint density at radius 2 is 1.84 bits per heavy atom. The number of fused-ring (bicyclic) bond motifs is 1. The summed E-state index contributed by atoms with van der Waals surface area (Å²) in [7, 11) is 0. The zero-order valence-corrected chi connectivity index (χ0v) is 18.3. The van der Waals surface area contributed by atoms with Crippen molar-refractivity contribution in [2.24, 2.45) is 11.8 Å². The predicted octanol–water partition coefficient (Wildman–Crippen LogP) is 2.97. The molecule has 170 valence electrons. The average Bonchev–Trinajstić information content (AvgIpc) is 2.99.